The van der Waals surface area contributed by atoms with Crippen molar-refractivity contribution in [1.82, 2.24) is 9.88 Å². The van der Waals surface area contributed by atoms with E-state index in [1.165, 1.54) is 0 Å². The van der Waals surface area contributed by atoms with E-state index in [9.17, 15) is 0 Å². The molecule has 3 N–H and O–H groups in total. The van der Waals surface area contributed by atoms with Gasteiger partial charge in [0.05, 0.1) is 12.9 Å². The Bertz CT molecular complexity index is 381. The lowest BCUT2D eigenvalue weighted by molar-refractivity contribution is 0.249. The van der Waals surface area contributed by atoms with Crippen LogP contribution in [-0.4, -0.2) is 35.9 Å². The van der Waals surface area contributed by atoms with Crippen LogP contribution in [-0.2, 0) is 6.54 Å². The summed E-state index contributed by atoms with van der Waals surface area (Å²) in [4.78, 5) is 6.28. The van der Waals surface area contributed by atoms with Gasteiger partial charge in [-0.3, -0.25) is 10.3 Å². The highest BCUT2D eigenvalue weighted by molar-refractivity contribution is 5.77. The van der Waals surface area contributed by atoms with Crippen molar-refractivity contribution < 1.29 is 4.74 Å². The minimum Gasteiger partial charge on any atom is -0.481 e. The predicted octanol–water partition coefficient (Wildman–Crippen LogP) is 1.24. The number of nitrogens with one attached hydrogen (secondary N) is 1. The second-order valence-corrected chi connectivity index (χ2v) is 4.17. The SMILES string of the molecule is COc1ncccc1CN(C)C(C)CC(=N)N. The van der Waals surface area contributed by atoms with Crippen LogP contribution < -0.4 is 10.5 Å². The number of methoxy groups -OCH3 is 1. The molecule has 1 aromatic rings. The molecule has 0 aliphatic rings. The molecular formula is C12H20N4O. The van der Waals surface area contributed by atoms with Crippen molar-refractivity contribution in [3.8, 4) is 5.88 Å². The third-order valence-corrected chi connectivity index (χ3v) is 2.73. The summed E-state index contributed by atoms with van der Waals surface area (Å²) in [5, 5.41) is 7.29. The maximum Gasteiger partial charge on any atom is 0.217 e. The van der Waals surface area contributed by atoms with E-state index in [1.807, 2.05) is 26.1 Å². The Balaban J connectivity index is 2.66. The Morgan fingerprint density at radius 3 is 2.94 bits per heavy atom. The second kappa shape index (κ2) is 6.20. The van der Waals surface area contributed by atoms with Crippen molar-refractivity contribution in [2.45, 2.75) is 25.9 Å². The zero-order valence-corrected chi connectivity index (χ0v) is 10.6. The first-order valence-corrected chi connectivity index (χ1v) is 5.55. The molecule has 0 fully saturated rings. The van der Waals surface area contributed by atoms with Gasteiger partial charge >= 0.3 is 0 Å². The van der Waals surface area contributed by atoms with Gasteiger partial charge in [0.25, 0.3) is 0 Å². The Labute approximate surface area is 102 Å². The van der Waals surface area contributed by atoms with Gasteiger partial charge < -0.3 is 10.5 Å². The summed E-state index contributed by atoms with van der Waals surface area (Å²) in [5.74, 6) is 0.858. The summed E-state index contributed by atoms with van der Waals surface area (Å²) in [5.41, 5.74) is 6.44. The molecule has 0 saturated carbocycles. The van der Waals surface area contributed by atoms with Gasteiger partial charge in [0.2, 0.25) is 5.88 Å². The summed E-state index contributed by atoms with van der Waals surface area (Å²) in [7, 11) is 3.62. The predicted molar refractivity (Wildman–Crippen MR) is 68.2 cm³/mol. The van der Waals surface area contributed by atoms with Gasteiger partial charge in [-0.1, -0.05) is 6.07 Å². The third kappa shape index (κ3) is 4.03. The fraction of sp³-hybridized carbons (Fsp3) is 0.500. The van der Waals surface area contributed by atoms with Gasteiger partial charge in [-0.2, -0.15) is 0 Å². The molecule has 17 heavy (non-hydrogen) atoms. The van der Waals surface area contributed by atoms with Gasteiger partial charge in [0, 0.05) is 30.8 Å². The van der Waals surface area contributed by atoms with Gasteiger partial charge in [0.15, 0.2) is 0 Å². The van der Waals surface area contributed by atoms with Crippen LogP contribution in [0.15, 0.2) is 18.3 Å². The minimum atomic E-state index is 0.211. The van der Waals surface area contributed by atoms with Crippen LogP contribution >= 0.6 is 0 Å². The lowest BCUT2D eigenvalue weighted by Gasteiger charge is -2.24. The van der Waals surface area contributed by atoms with Crippen LogP contribution in [0.5, 0.6) is 5.88 Å². The lowest BCUT2D eigenvalue weighted by Crippen LogP contribution is -2.32. The second-order valence-electron chi connectivity index (χ2n) is 4.17. The van der Waals surface area contributed by atoms with Crippen LogP contribution in [0.2, 0.25) is 0 Å². The summed E-state index contributed by atoms with van der Waals surface area (Å²) in [6, 6.07) is 4.10. The fourth-order valence-corrected chi connectivity index (χ4v) is 1.63. The highest BCUT2D eigenvalue weighted by Crippen LogP contribution is 2.17. The monoisotopic (exact) mass is 236 g/mol. The molecule has 5 nitrogen and oxygen atoms in total. The first kappa shape index (κ1) is 13.4. The molecule has 1 heterocycles. The van der Waals surface area contributed by atoms with Crippen molar-refractivity contribution in [1.29, 1.82) is 5.41 Å². The first-order valence-electron chi connectivity index (χ1n) is 5.55. The van der Waals surface area contributed by atoms with Crippen molar-refractivity contribution >= 4 is 5.84 Å². The van der Waals surface area contributed by atoms with E-state index in [0.717, 1.165) is 12.1 Å². The van der Waals surface area contributed by atoms with Crippen molar-refractivity contribution in [3.05, 3.63) is 23.9 Å². The van der Waals surface area contributed by atoms with E-state index in [4.69, 9.17) is 15.9 Å². The molecule has 1 unspecified atom stereocenters. The van der Waals surface area contributed by atoms with E-state index < -0.39 is 0 Å². The highest BCUT2D eigenvalue weighted by Gasteiger charge is 2.13. The number of nitrogens with zero attached hydrogens (tertiary/aromatic N) is 2. The number of nitrogens with two attached hydrogens (primary N) is 1. The molecule has 94 valence electrons. The molecular weight excluding hydrogens is 216 g/mol. The van der Waals surface area contributed by atoms with Crippen LogP contribution in [0.25, 0.3) is 0 Å². The standard InChI is InChI=1S/C12H20N4O/c1-9(7-11(13)14)16(2)8-10-5-4-6-15-12(10)17-3/h4-6,9H,7-8H2,1-3H3,(H3,13,14). The highest BCUT2D eigenvalue weighted by atomic mass is 16.5. The first-order chi connectivity index (χ1) is 8.04. The largest absolute Gasteiger partial charge is 0.481 e. The Hall–Kier alpha value is -1.62. The third-order valence-electron chi connectivity index (χ3n) is 2.73. The zero-order valence-electron chi connectivity index (χ0n) is 10.6. The Kier molecular flexibility index (Phi) is 4.90. The van der Waals surface area contributed by atoms with E-state index in [-0.39, 0.29) is 11.9 Å². The number of hydrogen-bond donors (Lipinski definition) is 2. The van der Waals surface area contributed by atoms with E-state index in [1.54, 1.807) is 13.3 Å². The summed E-state index contributed by atoms with van der Waals surface area (Å²) >= 11 is 0. The molecule has 0 bridgehead atoms. The fourth-order valence-electron chi connectivity index (χ4n) is 1.63. The molecule has 1 aromatic heterocycles. The molecule has 1 atom stereocenters. The van der Waals surface area contributed by atoms with Crippen molar-refractivity contribution in [2.24, 2.45) is 5.73 Å². The number of amidine groups is 1. The van der Waals surface area contributed by atoms with Crippen LogP contribution in [0, 0.1) is 5.41 Å². The number of hydrogen-bond acceptors (Lipinski definition) is 4. The summed E-state index contributed by atoms with van der Waals surface area (Å²) in [6.45, 7) is 2.77. The van der Waals surface area contributed by atoms with Gasteiger partial charge in [-0.15, -0.1) is 0 Å². The van der Waals surface area contributed by atoms with Crippen molar-refractivity contribution in [3.63, 3.8) is 0 Å². The number of pyridine rings is 1. The van der Waals surface area contributed by atoms with E-state index >= 15 is 0 Å². The normalized spacial score (nSPS) is 12.5. The number of aromatic nitrogens is 1. The molecule has 1 rings (SSSR count). The molecule has 0 aliphatic heterocycles. The molecule has 0 aliphatic carbocycles. The topological polar surface area (TPSA) is 75.2 Å². The van der Waals surface area contributed by atoms with E-state index in [2.05, 4.69) is 9.88 Å². The molecule has 0 spiro atoms. The molecule has 5 heteroatoms. The average molecular weight is 236 g/mol. The number of rotatable bonds is 6. The lowest BCUT2D eigenvalue weighted by atomic mass is 10.1. The van der Waals surface area contributed by atoms with Crippen LogP contribution in [0.3, 0.4) is 0 Å². The molecule has 0 saturated heterocycles. The zero-order chi connectivity index (χ0) is 12.8. The minimum absolute atomic E-state index is 0.211. The van der Waals surface area contributed by atoms with Crippen molar-refractivity contribution in [2.75, 3.05) is 14.2 Å². The Morgan fingerprint density at radius 1 is 1.65 bits per heavy atom. The smallest absolute Gasteiger partial charge is 0.217 e. The Morgan fingerprint density at radius 2 is 2.35 bits per heavy atom. The van der Waals surface area contributed by atoms with E-state index in [0.29, 0.717) is 12.3 Å². The maximum atomic E-state index is 7.29. The molecule has 0 radical (unpaired) electrons. The average Bonchev–Trinajstić information content (AvgIpc) is 2.28. The maximum absolute atomic E-state index is 7.29. The molecule has 0 amide bonds. The van der Waals surface area contributed by atoms with Gasteiger partial charge in [0.1, 0.15) is 0 Å². The number of ether oxygens (including phenoxy) is 1. The van der Waals surface area contributed by atoms with Gasteiger partial charge in [-0.25, -0.2) is 4.98 Å². The van der Waals surface area contributed by atoms with Gasteiger partial charge in [-0.05, 0) is 20.0 Å². The summed E-state index contributed by atoms with van der Waals surface area (Å²) in [6.07, 6.45) is 2.28. The van der Waals surface area contributed by atoms with Crippen LogP contribution in [0.1, 0.15) is 18.9 Å². The molecule has 0 aromatic carbocycles. The summed E-state index contributed by atoms with van der Waals surface area (Å²) < 4.78 is 5.20. The van der Waals surface area contributed by atoms with Crippen LogP contribution in [0.4, 0.5) is 0 Å². The quantitative estimate of drug-likeness (QED) is 0.575.